The Morgan fingerprint density at radius 1 is 1.31 bits per heavy atom. The first kappa shape index (κ1) is 10.2. The van der Waals surface area contributed by atoms with Gasteiger partial charge in [-0.2, -0.15) is 0 Å². The number of hydrogen-bond acceptors (Lipinski definition) is 3. The zero-order chi connectivity index (χ0) is 9.68. The number of aryl methyl sites for hydroxylation is 1. The number of nitrogens with one attached hydrogen (secondary N) is 1. The maximum absolute atomic E-state index is 5.22. The Morgan fingerprint density at radius 3 is 2.46 bits per heavy atom. The second-order valence-electron chi connectivity index (χ2n) is 3.36. The van der Waals surface area contributed by atoms with Crippen molar-refractivity contribution in [2.75, 3.05) is 13.7 Å². The van der Waals surface area contributed by atoms with Gasteiger partial charge in [-0.1, -0.05) is 29.8 Å². The van der Waals surface area contributed by atoms with Gasteiger partial charge in [-0.3, -0.25) is 10.7 Å². The van der Waals surface area contributed by atoms with Gasteiger partial charge in [0.1, 0.15) is 0 Å². The van der Waals surface area contributed by atoms with E-state index in [9.17, 15) is 0 Å². The van der Waals surface area contributed by atoms with Gasteiger partial charge in [0, 0.05) is 6.54 Å². The molecule has 0 unspecified atom stereocenters. The number of rotatable bonds is 4. The molecule has 0 saturated carbocycles. The Kier molecular flexibility index (Phi) is 3.89. The van der Waals surface area contributed by atoms with Crippen molar-refractivity contribution in [3.05, 3.63) is 35.4 Å². The van der Waals surface area contributed by atoms with Gasteiger partial charge in [0.15, 0.2) is 0 Å². The first-order valence-corrected chi connectivity index (χ1v) is 4.40. The van der Waals surface area contributed by atoms with Crippen LogP contribution in [0.4, 0.5) is 0 Å². The molecule has 3 N–H and O–H groups in total. The van der Waals surface area contributed by atoms with E-state index in [1.807, 2.05) is 7.05 Å². The Balaban J connectivity index is 2.49. The fourth-order valence-corrected chi connectivity index (χ4v) is 1.22. The molecule has 0 aliphatic carbocycles. The monoisotopic (exact) mass is 179 g/mol. The first-order chi connectivity index (χ1) is 6.22. The lowest BCUT2D eigenvalue weighted by atomic mass is 10.1. The molecule has 1 rings (SSSR count). The van der Waals surface area contributed by atoms with E-state index in [1.165, 1.54) is 11.1 Å². The van der Waals surface area contributed by atoms with E-state index in [4.69, 9.17) is 5.84 Å². The Bertz CT molecular complexity index is 243. The highest BCUT2D eigenvalue weighted by molar-refractivity contribution is 5.21. The van der Waals surface area contributed by atoms with Crippen molar-refractivity contribution in [3.8, 4) is 0 Å². The first-order valence-electron chi connectivity index (χ1n) is 4.40. The molecule has 0 aliphatic rings. The van der Waals surface area contributed by atoms with Gasteiger partial charge < -0.3 is 0 Å². The molecular weight excluding hydrogens is 162 g/mol. The van der Waals surface area contributed by atoms with Gasteiger partial charge in [-0.25, -0.2) is 5.43 Å². The minimum atomic E-state index is 0.702. The quantitative estimate of drug-likeness (QED) is 0.409. The normalized spacial score (nSPS) is 10.8. The number of nitrogens with two attached hydrogens (primary N) is 1. The summed E-state index contributed by atoms with van der Waals surface area (Å²) in [5, 5.41) is 0. The number of hydrogen-bond donors (Lipinski definition) is 2. The number of hydrazine groups is 1. The van der Waals surface area contributed by atoms with Gasteiger partial charge in [-0.05, 0) is 19.5 Å². The molecule has 3 nitrogen and oxygen atoms in total. The zero-order valence-corrected chi connectivity index (χ0v) is 8.25. The van der Waals surface area contributed by atoms with Crippen molar-refractivity contribution in [2.24, 2.45) is 5.84 Å². The van der Waals surface area contributed by atoms with Gasteiger partial charge in [-0.15, -0.1) is 0 Å². The SMILES string of the molecule is Cc1ccc(CN(C)CNN)cc1. The standard InChI is InChI=1S/C10H17N3/c1-9-3-5-10(6-4-9)7-13(2)8-12-11/h3-6,12H,7-8,11H2,1-2H3. The van der Waals surface area contributed by atoms with Crippen molar-refractivity contribution in [1.82, 2.24) is 10.3 Å². The lowest BCUT2D eigenvalue weighted by molar-refractivity contribution is 0.301. The van der Waals surface area contributed by atoms with Crippen LogP contribution < -0.4 is 11.3 Å². The van der Waals surface area contributed by atoms with Crippen LogP contribution in [-0.2, 0) is 6.54 Å². The summed E-state index contributed by atoms with van der Waals surface area (Å²) in [6, 6.07) is 8.53. The van der Waals surface area contributed by atoms with Gasteiger partial charge in [0.25, 0.3) is 0 Å². The largest absolute Gasteiger partial charge is 0.288 e. The molecule has 0 atom stereocenters. The Hall–Kier alpha value is -0.900. The van der Waals surface area contributed by atoms with Crippen LogP contribution in [0.1, 0.15) is 11.1 Å². The summed E-state index contributed by atoms with van der Waals surface area (Å²) in [6.45, 7) is 3.72. The molecule has 0 radical (unpaired) electrons. The van der Waals surface area contributed by atoms with Crippen LogP contribution in [-0.4, -0.2) is 18.6 Å². The predicted molar refractivity (Wildman–Crippen MR) is 54.8 cm³/mol. The second-order valence-corrected chi connectivity index (χ2v) is 3.36. The van der Waals surface area contributed by atoms with Crippen molar-refractivity contribution in [2.45, 2.75) is 13.5 Å². The zero-order valence-electron chi connectivity index (χ0n) is 8.25. The van der Waals surface area contributed by atoms with Gasteiger partial charge >= 0.3 is 0 Å². The van der Waals surface area contributed by atoms with Crippen molar-refractivity contribution < 1.29 is 0 Å². The Labute approximate surface area is 79.5 Å². The highest BCUT2D eigenvalue weighted by Crippen LogP contribution is 2.04. The maximum atomic E-state index is 5.22. The third-order valence-corrected chi connectivity index (χ3v) is 1.93. The minimum Gasteiger partial charge on any atom is -0.288 e. The minimum absolute atomic E-state index is 0.702. The Morgan fingerprint density at radius 2 is 1.92 bits per heavy atom. The average molecular weight is 179 g/mol. The third-order valence-electron chi connectivity index (χ3n) is 1.93. The van der Waals surface area contributed by atoms with E-state index in [1.54, 1.807) is 0 Å². The van der Waals surface area contributed by atoms with E-state index < -0.39 is 0 Å². The summed E-state index contributed by atoms with van der Waals surface area (Å²) in [7, 11) is 2.03. The fourth-order valence-electron chi connectivity index (χ4n) is 1.22. The molecule has 0 amide bonds. The molecule has 0 bridgehead atoms. The molecule has 0 heterocycles. The molecule has 1 aromatic carbocycles. The highest BCUT2D eigenvalue weighted by atomic mass is 15.3. The van der Waals surface area contributed by atoms with E-state index in [-0.39, 0.29) is 0 Å². The molecular formula is C10H17N3. The van der Waals surface area contributed by atoms with Crippen molar-refractivity contribution in [3.63, 3.8) is 0 Å². The van der Waals surface area contributed by atoms with Crippen LogP contribution in [0.15, 0.2) is 24.3 Å². The number of nitrogens with zero attached hydrogens (tertiary/aromatic N) is 1. The van der Waals surface area contributed by atoms with Crippen LogP contribution >= 0.6 is 0 Å². The summed E-state index contributed by atoms with van der Waals surface area (Å²) in [4.78, 5) is 2.12. The van der Waals surface area contributed by atoms with Crippen molar-refractivity contribution in [1.29, 1.82) is 0 Å². The molecule has 0 spiro atoms. The number of benzene rings is 1. The summed E-state index contributed by atoms with van der Waals surface area (Å²) in [5.41, 5.74) is 5.23. The lowest BCUT2D eigenvalue weighted by Gasteiger charge is -2.15. The average Bonchev–Trinajstić information content (AvgIpc) is 2.09. The summed E-state index contributed by atoms with van der Waals surface area (Å²) < 4.78 is 0. The maximum Gasteiger partial charge on any atom is 0.0612 e. The summed E-state index contributed by atoms with van der Waals surface area (Å²) in [5.74, 6) is 5.22. The van der Waals surface area contributed by atoms with E-state index >= 15 is 0 Å². The van der Waals surface area contributed by atoms with Crippen LogP contribution in [0.25, 0.3) is 0 Å². The smallest absolute Gasteiger partial charge is 0.0612 e. The van der Waals surface area contributed by atoms with Crippen LogP contribution in [0, 0.1) is 6.92 Å². The van der Waals surface area contributed by atoms with Crippen molar-refractivity contribution >= 4 is 0 Å². The molecule has 72 valence electrons. The highest BCUT2D eigenvalue weighted by Gasteiger charge is 1.97. The summed E-state index contributed by atoms with van der Waals surface area (Å²) >= 11 is 0. The van der Waals surface area contributed by atoms with Gasteiger partial charge in [0.2, 0.25) is 0 Å². The van der Waals surface area contributed by atoms with E-state index in [0.29, 0.717) is 6.67 Å². The fraction of sp³-hybridized carbons (Fsp3) is 0.400. The molecule has 0 saturated heterocycles. The van der Waals surface area contributed by atoms with Gasteiger partial charge in [0.05, 0.1) is 6.67 Å². The summed E-state index contributed by atoms with van der Waals surface area (Å²) in [6.07, 6.45) is 0. The van der Waals surface area contributed by atoms with Crippen LogP contribution in [0.2, 0.25) is 0 Å². The second kappa shape index (κ2) is 4.97. The van der Waals surface area contributed by atoms with Crippen LogP contribution in [0.3, 0.4) is 0 Å². The molecule has 0 aliphatic heterocycles. The van der Waals surface area contributed by atoms with E-state index in [2.05, 4.69) is 41.5 Å². The molecule has 13 heavy (non-hydrogen) atoms. The molecule has 0 fully saturated rings. The molecule has 0 aromatic heterocycles. The molecule has 3 heteroatoms. The molecule has 1 aromatic rings. The predicted octanol–water partition coefficient (Wildman–Crippen LogP) is 0.848. The van der Waals surface area contributed by atoms with Crippen LogP contribution in [0.5, 0.6) is 0 Å². The van der Waals surface area contributed by atoms with E-state index in [0.717, 1.165) is 6.54 Å². The topological polar surface area (TPSA) is 41.3 Å². The lowest BCUT2D eigenvalue weighted by Crippen LogP contribution is -2.34. The third kappa shape index (κ3) is 3.55.